The van der Waals surface area contributed by atoms with E-state index < -0.39 is 35.6 Å². The molecule has 0 radical (unpaired) electrons. The van der Waals surface area contributed by atoms with Gasteiger partial charge in [-0.2, -0.15) is 0 Å². The van der Waals surface area contributed by atoms with E-state index in [9.17, 15) is 24.6 Å². The van der Waals surface area contributed by atoms with Gasteiger partial charge in [0.25, 0.3) is 0 Å². The zero-order valence-electron chi connectivity index (χ0n) is 17.7. The van der Waals surface area contributed by atoms with Crippen molar-refractivity contribution in [3.63, 3.8) is 0 Å². The first-order valence-corrected chi connectivity index (χ1v) is 10.8. The van der Waals surface area contributed by atoms with Gasteiger partial charge in [-0.3, -0.25) is 14.4 Å². The van der Waals surface area contributed by atoms with Crippen LogP contribution in [0.5, 0.6) is 5.75 Å². The Bertz CT molecular complexity index is 1230. The predicted octanol–water partition coefficient (Wildman–Crippen LogP) is 4.49. The average molecular weight is 442 g/mol. The highest BCUT2D eigenvalue weighted by molar-refractivity contribution is 5.98. The molecule has 0 aromatic heterocycles. The van der Waals surface area contributed by atoms with E-state index >= 15 is 0 Å². The molecular formula is C27H22O6. The van der Waals surface area contributed by atoms with Gasteiger partial charge in [-0.15, -0.1) is 0 Å². The molecule has 6 nitrogen and oxygen atoms in total. The Morgan fingerprint density at radius 2 is 1.48 bits per heavy atom. The van der Waals surface area contributed by atoms with Gasteiger partial charge in [0.05, 0.1) is 17.8 Å². The van der Waals surface area contributed by atoms with E-state index in [2.05, 4.69) is 0 Å². The van der Waals surface area contributed by atoms with E-state index in [-0.39, 0.29) is 12.2 Å². The van der Waals surface area contributed by atoms with Crippen molar-refractivity contribution in [3.8, 4) is 16.9 Å². The first-order valence-electron chi connectivity index (χ1n) is 10.8. The molecule has 0 aliphatic heterocycles. The van der Waals surface area contributed by atoms with Crippen LogP contribution in [0.4, 0.5) is 0 Å². The van der Waals surface area contributed by atoms with Crippen molar-refractivity contribution in [1.82, 2.24) is 0 Å². The lowest BCUT2D eigenvalue weighted by molar-refractivity contribution is -0.160. The van der Waals surface area contributed by atoms with Gasteiger partial charge in [0.15, 0.2) is 0 Å². The van der Waals surface area contributed by atoms with Crippen LogP contribution in [0, 0.1) is 11.8 Å². The highest BCUT2D eigenvalue weighted by atomic mass is 16.5. The van der Waals surface area contributed by atoms with E-state index in [4.69, 9.17) is 4.74 Å². The number of aliphatic carboxylic acids is 2. The van der Waals surface area contributed by atoms with Crippen molar-refractivity contribution in [2.45, 2.75) is 24.9 Å². The Hall–Kier alpha value is -3.93. The van der Waals surface area contributed by atoms with Crippen molar-refractivity contribution < 1.29 is 29.3 Å². The molecule has 0 amide bonds. The monoisotopic (exact) mass is 442 g/mol. The van der Waals surface area contributed by atoms with Crippen LogP contribution < -0.4 is 4.74 Å². The minimum atomic E-state index is -1.26. The molecule has 0 spiro atoms. The summed E-state index contributed by atoms with van der Waals surface area (Å²) in [6.45, 7) is 0.315. The molecule has 3 aromatic carbocycles. The largest absolute Gasteiger partial charge is 0.489 e. The molecular weight excluding hydrogens is 420 g/mol. The number of carboxylic acids is 2. The van der Waals surface area contributed by atoms with Crippen molar-refractivity contribution in [2.24, 2.45) is 11.8 Å². The van der Waals surface area contributed by atoms with Gasteiger partial charge in [-0.25, -0.2) is 0 Å². The Morgan fingerprint density at radius 3 is 2.15 bits per heavy atom. The molecule has 6 rings (SSSR count). The van der Waals surface area contributed by atoms with Gasteiger partial charge >= 0.3 is 11.9 Å². The summed E-state index contributed by atoms with van der Waals surface area (Å²) in [6.07, 6.45) is 0.0619. The molecule has 6 heteroatoms. The number of hydrogen-bond donors (Lipinski definition) is 2. The number of ketones is 1. The summed E-state index contributed by atoms with van der Waals surface area (Å²) in [4.78, 5) is 36.4. The SMILES string of the molecule is O=C1CC2c3ccc(OCc4ccc(-c5ccccc5)cc4)cc3C1C(C(=O)O)C2C(=O)O. The van der Waals surface area contributed by atoms with Crippen molar-refractivity contribution in [1.29, 1.82) is 0 Å². The van der Waals surface area contributed by atoms with E-state index in [0.29, 0.717) is 17.9 Å². The number of rotatable bonds is 6. The van der Waals surface area contributed by atoms with Crippen LogP contribution in [0.3, 0.4) is 0 Å². The summed E-state index contributed by atoms with van der Waals surface area (Å²) in [5.74, 6) is -6.07. The van der Waals surface area contributed by atoms with Gasteiger partial charge in [0.2, 0.25) is 0 Å². The molecule has 1 saturated carbocycles. The number of Topliss-reactive ketones (excluding diaryl/α,β-unsaturated/α-hetero) is 1. The highest BCUT2D eigenvalue weighted by Gasteiger charge is 2.57. The molecule has 0 saturated heterocycles. The number of carboxylic acid groups (broad SMARTS) is 2. The minimum Gasteiger partial charge on any atom is -0.489 e. The van der Waals surface area contributed by atoms with Crippen molar-refractivity contribution >= 4 is 17.7 Å². The van der Waals surface area contributed by atoms with E-state index in [0.717, 1.165) is 22.3 Å². The summed E-state index contributed by atoms with van der Waals surface area (Å²) in [5, 5.41) is 19.4. The quantitative estimate of drug-likeness (QED) is 0.583. The van der Waals surface area contributed by atoms with E-state index in [1.54, 1.807) is 18.2 Å². The van der Waals surface area contributed by atoms with Crippen LogP contribution in [0.25, 0.3) is 11.1 Å². The fourth-order valence-corrected chi connectivity index (χ4v) is 5.26. The number of hydrogen-bond acceptors (Lipinski definition) is 4. The number of fused-ring (bicyclic) bond motifs is 2. The molecule has 3 aliphatic carbocycles. The molecule has 2 bridgehead atoms. The van der Waals surface area contributed by atoms with Crippen LogP contribution in [-0.2, 0) is 21.0 Å². The summed E-state index contributed by atoms with van der Waals surface area (Å²) < 4.78 is 5.94. The normalized spacial score (nSPS) is 23.1. The van der Waals surface area contributed by atoms with Gasteiger partial charge < -0.3 is 14.9 Å². The second-order valence-electron chi connectivity index (χ2n) is 8.62. The third kappa shape index (κ3) is 3.67. The molecule has 0 heterocycles. The summed E-state index contributed by atoms with van der Waals surface area (Å²) in [5.41, 5.74) is 4.53. The summed E-state index contributed by atoms with van der Waals surface area (Å²) in [7, 11) is 0. The fourth-order valence-electron chi connectivity index (χ4n) is 5.26. The smallest absolute Gasteiger partial charge is 0.308 e. The van der Waals surface area contributed by atoms with Crippen LogP contribution >= 0.6 is 0 Å². The maximum Gasteiger partial charge on any atom is 0.308 e. The van der Waals surface area contributed by atoms with Crippen LogP contribution in [-0.4, -0.2) is 27.9 Å². The Balaban J connectivity index is 1.37. The lowest BCUT2D eigenvalue weighted by Crippen LogP contribution is -2.49. The maximum atomic E-state index is 12.6. The maximum absolute atomic E-state index is 12.6. The second-order valence-corrected chi connectivity index (χ2v) is 8.62. The number of carbonyl (C=O) groups is 3. The Labute approximate surface area is 190 Å². The van der Waals surface area contributed by atoms with Crippen molar-refractivity contribution in [2.75, 3.05) is 0 Å². The highest BCUT2D eigenvalue weighted by Crippen LogP contribution is 2.54. The Kier molecular flexibility index (Phi) is 5.21. The Morgan fingerprint density at radius 1 is 0.818 bits per heavy atom. The van der Waals surface area contributed by atoms with E-state index in [1.807, 2.05) is 54.6 Å². The number of ether oxygens (including phenoxy) is 1. The number of carbonyl (C=O) groups excluding carboxylic acids is 1. The van der Waals surface area contributed by atoms with Gasteiger partial charge in [0, 0.05) is 12.3 Å². The average Bonchev–Trinajstić information content (AvgIpc) is 2.83. The fraction of sp³-hybridized carbons (Fsp3) is 0.222. The van der Waals surface area contributed by atoms with Gasteiger partial charge in [-0.05, 0) is 39.9 Å². The molecule has 4 unspecified atom stereocenters. The molecule has 3 aliphatic rings. The summed E-state index contributed by atoms with van der Waals surface area (Å²) in [6, 6.07) is 23.3. The zero-order chi connectivity index (χ0) is 23.1. The third-order valence-electron chi connectivity index (χ3n) is 6.78. The van der Waals surface area contributed by atoms with Crippen LogP contribution in [0.2, 0.25) is 0 Å². The third-order valence-corrected chi connectivity index (χ3v) is 6.78. The first kappa shape index (κ1) is 20.9. The summed E-state index contributed by atoms with van der Waals surface area (Å²) >= 11 is 0. The molecule has 4 atom stereocenters. The van der Waals surface area contributed by atoms with Crippen LogP contribution in [0.15, 0.2) is 72.8 Å². The number of benzene rings is 3. The topological polar surface area (TPSA) is 101 Å². The molecule has 33 heavy (non-hydrogen) atoms. The lowest BCUT2D eigenvalue weighted by Gasteiger charge is -2.45. The van der Waals surface area contributed by atoms with Crippen LogP contribution in [0.1, 0.15) is 34.9 Å². The van der Waals surface area contributed by atoms with E-state index in [1.165, 1.54) is 0 Å². The standard InChI is InChI=1S/C27H22O6/c28-22-13-21-19-11-10-18(12-20(19)23(22)25(27(31)32)24(21)26(29)30)33-14-15-6-8-17(9-7-15)16-4-2-1-3-5-16/h1-12,21,23-25H,13-14H2,(H,29,30)(H,31,32). The first-order chi connectivity index (χ1) is 15.9. The lowest BCUT2D eigenvalue weighted by atomic mass is 9.55. The van der Waals surface area contributed by atoms with Gasteiger partial charge in [-0.1, -0.05) is 60.7 Å². The predicted molar refractivity (Wildman–Crippen MR) is 120 cm³/mol. The molecule has 166 valence electrons. The zero-order valence-corrected chi connectivity index (χ0v) is 17.7. The van der Waals surface area contributed by atoms with Gasteiger partial charge in [0.1, 0.15) is 18.1 Å². The molecule has 1 fully saturated rings. The minimum absolute atomic E-state index is 0.0619. The molecule has 2 N–H and O–H groups in total. The second kappa shape index (κ2) is 8.20. The van der Waals surface area contributed by atoms with Crippen molar-refractivity contribution in [3.05, 3.63) is 89.5 Å². The molecule has 3 aromatic rings.